The smallest absolute Gasteiger partial charge is 0.0447 e. The molecule has 0 saturated heterocycles. The molecule has 2 N–H and O–H groups in total. The van der Waals surface area contributed by atoms with Crippen LogP contribution in [0.4, 0.5) is 5.69 Å². The van der Waals surface area contributed by atoms with Crippen molar-refractivity contribution in [1.82, 2.24) is 5.32 Å². The van der Waals surface area contributed by atoms with Gasteiger partial charge in [-0.3, -0.25) is 0 Å². The van der Waals surface area contributed by atoms with Gasteiger partial charge in [-0.15, -0.1) is 0 Å². The van der Waals surface area contributed by atoms with Gasteiger partial charge in [-0.2, -0.15) is 0 Å². The lowest BCUT2D eigenvalue weighted by Crippen LogP contribution is -2.25. The van der Waals surface area contributed by atoms with E-state index in [4.69, 9.17) is 5.11 Å². The van der Waals surface area contributed by atoms with E-state index in [2.05, 4.69) is 55.3 Å². The Balaban J connectivity index is 2.73. The number of nitrogens with one attached hydrogen (secondary N) is 1. The SMILES string of the molecule is CCNC(CC)c1ccc(N(CC)CCCO)cc1. The highest BCUT2D eigenvalue weighted by atomic mass is 16.3. The minimum absolute atomic E-state index is 0.257. The van der Waals surface area contributed by atoms with Crippen LogP contribution in [-0.4, -0.2) is 31.3 Å². The molecule has 0 heterocycles. The third-order valence-corrected chi connectivity index (χ3v) is 3.49. The summed E-state index contributed by atoms with van der Waals surface area (Å²) in [6, 6.07) is 9.26. The summed E-state index contributed by atoms with van der Waals surface area (Å²) in [7, 11) is 0. The molecule has 1 unspecified atom stereocenters. The average Bonchev–Trinajstić information content (AvgIpc) is 2.46. The largest absolute Gasteiger partial charge is 0.396 e. The number of hydrogen-bond donors (Lipinski definition) is 2. The summed E-state index contributed by atoms with van der Waals surface area (Å²) < 4.78 is 0. The summed E-state index contributed by atoms with van der Waals surface area (Å²) in [6.07, 6.45) is 1.93. The van der Waals surface area contributed by atoms with Gasteiger partial charge in [-0.05, 0) is 44.0 Å². The van der Waals surface area contributed by atoms with Crippen LogP contribution in [0.2, 0.25) is 0 Å². The molecule has 0 aromatic heterocycles. The van der Waals surface area contributed by atoms with Gasteiger partial charge in [0.05, 0.1) is 0 Å². The highest BCUT2D eigenvalue weighted by Crippen LogP contribution is 2.21. The van der Waals surface area contributed by atoms with Crippen molar-refractivity contribution in [3.8, 4) is 0 Å². The van der Waals surface area contributed by atoms with E-state index in [1.807, 2.05) is 0 Å². The fourth-order valence-electron chi connectivity index (χ4n) is 2.39. The average molecular weight is 264 g/mol. The highest BCUT2D eigenvalue weighted by molar-refractivity contribution is 5.47. The first kappa shape index (κ1) is 16.0. The van der Waals surface area contributed by atoms with Crippen molar-refractivity contribution in [2.45, 2.75) is 39.7 Å². The second-order valence-electron chi connectivity index (χ2n) is 4.77. The van der Waals surface area contributed by atoms with Crippen LogP contribution in [0.25, 0.3) is 0 Å². The van der Waals surface area contributed by atoms with Gasteiger partial charge in [0.25, 0.3) is 0 Å². The molecule has 0 radical (unpaired) electrons. The number of hydrogen-bond acceptors (Lipinski definition) is 3. The molecular weight excluding hydrogens is 236 g/mol. The van der Waals surface area contributed by atoms with E-state index in [9.17, 15) is 0 Å². The molecule has 1 aromatic carbocycles. The summed E-state index contributed by atoms with van der Waals surface area (Å²) in [5.74, 6) is 0. The molecule has 0 spiro atoms. The molecule has 0 aliphatic rings. The van der Waals surface area contributed by atoms with E-state index in [-0.39, 0.29) is 6.61 Å². The molecule has 108 valence electrons. The molecule has 1 atom stereocenters. The summed E-state index contributed by atoms with van der Waals surface area (Å²) in [4.78, 5) is 2.30. The molecule has 0 aliphatic heterocycles. The Morgan fingerprint density at radius 2 is 1.84 bits per heavy atom. The highest BCUT2D eigenvalue weighted by Gasteiger charge is 2.09. The van der Waals surface area contributed by atoms with Crippen LogP contribution in [0, 0.1) is 0 Å². The standard InChI is InChI=1S/C16H28N2O/c1-4-16(17-5-2)14-8-10-15(11-9-14)18(6-3)12-7-13-19/h8-11,16-17,19H,4-7,12-13H2,1-3H3. The van der Waals surface area contributed by atoms with Crippen LogP contribution in [0.15, 0.2) is 24.3 Å². The van der Waals surface area contributed by atoms with E-state index < -0.39 is 0 Å². The van der Waals surface area contributed by atoms with Crippen molar-refractivity contribution in [2.24, 2.45) is 0 Å². The minimum atomic E-state index is 0.257. The summed E-state index contributed by atoms with van der Waals surface area (Å²) in [5, 5.41) is 12.4. The van der Waals surface area contributed by atoms with E-state index >= 15 is 0 Å². The van der Waals surface area contributed by atoms with Crippen molar-refractivity contribution in [1.29, 1.82) is 0 Å². The molecular formula is C16H28N2O. The summed E-state index contributed by atoms with van der Waals surface area (Å²) >= 11 is 0. The van der Waals surface area contributed by atoms with E-state index in [0.717, 1.165) is 32.5 Å². The fourth-order valence-corrected chi connectivity index (χ4v) is 2.39. The lowest BCUT2D eigenvalue weighted by molar-refractivity contribution is 0.289. The number of aliphatic hydroxyl groups is 1. The predicted octanol–water partition coefficient (Wildman–Crippen LogP) is 2.96. The number of benzene rings is 1. The van der Waals surface area contributed by atoms with E-state index in [1.54, 1.807) is 0 Å². The van der Waals surface area contributed by atoms with Gasteiger partial charge in [0.1, 0.15) is 0 Å². The van der Waals surface area contributed by atoms with Gasteiger partial charge in [-0.25, -0.2) is 0 Å². The Kier molecular flexibility index (Phi) is 7.53. The Morgan fingerprint density at radius 1 is 1.16 bits per heavy atom. The Labute approximate surface area is 117 Å². The van der Waals surface area contributed by atoms with Gasteiger partial charge in [-0.1, -0.05) is 26.0 Å². The van der Waals surface area contributed by atoms with E-state index in [0.29, 0.717) is 6.04 Å². The van der Waals surface area contributed by atoms with Crippen molar-refractivity contribution in [3.63, 3.8) is 0 Å². The van der Waals surface area contributed by atoms with Gasteiger partial charge >= 0.3 is 0 Å². The van der Waals surface area contributed by atoms with Crippen LogP contribution in [0.3, 0.4) is 0 Å². The molecule has 3 heteroatoms. The van der Waals surface area contributed by atoms with Crippen LogP contribution in [0.5, 0.6) is 0 Å². The molecule has 0 saturated carbocycles. The second-order valence-corrected chi connectivity index (χ2v) is 4.77. The Morgan fingerprint density at radius 3 is 2.32 bits per heavy atom. The quantitative estimate of drug-likeness (QED) is 0.720. The first-order valence-electron chi connectivity index (χ1n) is 7.45. The number of rotatable bonds is 9. The molecule has 0 fully saturated rings. The Hall–Kier alpha value is -1.06. The first-order chi connectivity index (χ1) is 9.26. The third-order valence-electron chi connectivity index (χ3n) is 3.49. The minimum Gasteiger partial charge on any atom is -0.396 e. The molecule has 3 nitrogen and oxygen atoms in total. The second kappa shape index (κ2) is 8.94. The lowest BCUT2D eigenvalue weighted by Gasteiger charge is -2.24. The van der Waals surface area contributed by atoms with Crippen molar-refractivity contribution in [2.75, 3.05) is 31.1 Å². The number of aliphatic hydroxyl groups excluding tert-OH is 1. The zero-order valence-corrected chi connectivity index (χ0v) is 12.5. The molecule has 0 bridgehead atoms. The maximum absolute atomic E-state index is 8.93. The molecule has 0 aliphatic carbocycles. The molecule has 19 heavy (non-hydrogen) atoms. The fraction of sp³-hybridized carbons (Fsp3) is 0.625. The van der Waals surface area contributed by atoms with Crippen LogP contribution >= 0.6 is 0 Å². The van der Waals surface area contributed by atoms with Crippen LogP contribution in [-0.2, 0) is 0 Å². The third kappa shape index (κ3) is 4.84. The summed E-state index contributed by atoms with van der Waals surface area (Å²) in [6.45, 7) is 9.65. The molecule has 0 amide bonds. The summed E-state index contributed by atoms with van der Waals surface area (Å²) in [5.41, 5.74) is 2.59. The van der Waals surface area contributed by atoms with Crippen molar-refractivity contribution in [3.05, 3.63) is 29.8 Å². The predicted molar refractivity (Wildman–Crippen MR) is 82.7 cm³/mol. The van der Waals surface area contributed by atoms with Crippen LogP contribution < -0.4 is 10.2 Å². The maximum atomic E-state index is 8.93. The zero-order chi connectivity index (χ0) is 14.1. The molecule has 1 aromatic rings. The normalized spacial score (nSPS) is 12.4. The first-order valence-corrected chi connectivity index (χ1v) is 7.45. The van der Waals surface area contributed by atoms with Gasteiger partial charge in [0.2, 0.25) is 0 Å². The van der Waals surface area contributed by atoms with Crippen LogP contribution in [0.1, 0.15) is 45.2 Å². The van der Waals surface area contributed by atoms with Gasteiger partial charge < -0.3 is 15.3 Å². The van der Waals surface area contributed by atoms with Crippen molar-refractivity contribution >= 4 is 5.69 Å². The Bertz CT molecular complexity index is 337. The van der Waals surface area contributed by atoms with Gasteiger partial charge in [0, 0.05) is 31.4 Å². The maximum Gasteiger partial charge on any atom is 0.0447 e. The topological polar surface area (TPSA) is 35.5 Å². The van der Waals surface area contributed by atoms with Crippen molar-refractivity contribution < 1.29 is 5.11 Å². The van der Waals surface area contributed by atoms with E-state index in [1.165, 1.54) is 11.3 Å². The number of nitrogens with zero attached hydrogens (tertiary/aromatic N) is 1. The number of anilines is 1. The molecule has 1 rings (SSSR count). The lowest BCUT2D eigenvalue weighted by atomic mass is 10.0. The van der Waals surface area contributed by atoms with Gasteiger partial charge in [0.15, 0.2) is 0 Å². The zero-order valence-electron chi connectivity index (χ0n) is 12.5. The monoisotopic (exact) mass is 264 g/mol.